The van der Waals surface area contributed by atoms with Crippen molar-refractivity contribution >= 4 is 21.4 Å². The van der Waals surface area contributed by atoms with Crippen molar-refractivity contribution in [1.82, 2.24) is 9.78 Å². The summed E-state index contributed by atoms with van der Waals surface area (Å²) in [4.78, 5) is 0.168. The van der Waals surface area contributed by atoms with Crippen molar-refractivity contribution in [2.24, 2.45) is 0 Å². The minimum Gasteiger partial charge on any atom is -0.399 e. The quantitative estimate of drug-likeness (QED) is 0.816. The van der Waals surface area contributed by atoms with E-state index in [1.54, 1.807) is 23.0 Å². The number of nitrogen functional groups attached to an aromatic ring is 1. The Kier molecular flexibility index (Phi) is 3.24. The molecule has 96 valence electrons. The summed E-state index contributed by atoms with van der Waals surface area (Å²) in [6.45, 7) is 2.61. The molecule has 0 saturated heterocycles. The molecule has 0 bridgehead atoms. The number of benzene rings is 1. The molecule has 2 rings (SSSR count). The van der Waals surface area contributed by atoms with Crippen molar-refractivity contribution in [3.05, 3.63) is 36.7 Å². The van der Waals surface area contributed by atoms with Crippen LogP contribution in [0.1, 0.15) is 6.92 Å². The second kappa shape index (κ2) is 4.69. The Hall–Kier alpha value is -2.02. The molecule has 1 aromatic heterocycles. The number of anilines is 2. The monoisotopic (exact) mass is 266 g/mol. The highest BCUT2D eigenvalue weighted by molar-refractivity contribution is 7.92. The fraction of sp³-hybridized carbons (Fsp3) is 0.182. The van der Waals surface area contributed by atoms with Gasteiger partial charge in [-0.15, -0.1) is 0 Å². The van der Waals surface area contributed by atoms with Crippen LogP contribution >= 0.6 is 0 Å². The van der Waals surface area contributed by atoms with Crippen molar-refractivity contribution in [3.8, 4) is 0 Å². The zero-order valence-corrected chi connectivity index (χ0v) is 10.7. The molecule has 0 radical (unpaired) electrons. The molecule has 0 saturated carbocycles. The molecule has 0 spiro atoms. The molecule has 0 unspecified atom stereocenters. The van der Waals surface area contributed by atoms with Gasteiger partial charge in [-0.25, -0.2) is 8.42 Å². The summed E-state index contributed by atoms with van der Waals surface area (Å²) >= 11 is 0. The van der Waals surface area contributed by atoms with Crippen LogP contribution in [0.25, 0.3) is 0 Å². The Morgan fingerprint density at radius 1 is 1.33 bits per heavy atom. The Morgan fingerprint density at radius 2 is 2.00 bits per heavy atom. The lowest BCUT2D eigenvalue weighted by atomic mass is 10.3. The topological polar surface area (TPSA) is 90.0 Å². The van der Waals surface area contributed by atoms with E-state index in [1.807, 2.05) is 6.92 Å². The molecule has 6 nitrogen and oxygen atoms in total. The van der Waals surface area contributed by atoms with E-state index < -0.39 is 10.0 Å². The first-order valence-electron chi connectivity index (χ1n) is 5.42. The summed E-state index contributed by atoms with van der Waals surface area (Å²) in [5.41, 5.74) is 6.47. The van der Waals surface area contributed by atoms with Crippen LogP contribution < -0.4 is 10.5 Å². The lowest BCUT2D eigenvalue weighted by Gasteiger charge is -2.05. The molecule has 18 heavy (non-hydrogen) atoms. The van der Waals surface area contributed by atoms with Gasteiger partial charge in [-0.05, 0) is 31.2 Å². The molecule has 0 aliphatic carbocycles. The minimum atomic E-state index is -3.58. The predicted molar refractivity (Wildman–Crippen MR) is 69.6 cm³/mol. The zero-order valence-electron chi connectivity index (χ0n) is 9.87. The molecule has 1 heterocycles. The van der Waals surface area contributed by atoms with Gasteiger partial charge in [0.2, 0.25) is 0 Å². The van der Waals surface area contributed by atoms with Gasteiger partial charge in [-0.1, -0.05) is 0 Å². The zero-order chi connectivity index (χ0) is 13.2. The Morgan fingerprint density at radius 3 is 2.56 bits per heavy atom. The maximum Gasteiger partial charge on any atom is 0.261 e. The van der Waals surface area contributed by atoms with Gasteiger partial charge in [0.05, 0.1) is 16.8 Å². The molecule has 3 N–H and O–H groups in total. The van der Waals surface area contributed by atoms with E-state index in [4.69, 9.17) is 5.73 Å². The number of nitrogens with one attached hydrogen (secondary N) is 1. The molecule has 7 heteroatoms. The highest BCUT2D eigenvalue weighted by atomic mass is 32.2. The van der Waals surface area contributed by atoms with E-state index in [2.05, 4.69) is 9.82 Å². The highest BCUT2D eigenvalue weighted by Crippen LogP contribution is 2.16. The standard InChI is InChI=1S/C11H14N4O2S/c1-2-15-8-10(7-13-15)14-18(16,17)11-5-3-9(12)4-6-11/h3-8,14H,2,12H2,1H3. The maximum atomic E-state index is 12.0. The number of aromatic nitrogens is 2. The molecule has 0 aliphatic rings. The number of nitrogens with two attached hydrogens (primary N) is 1. The van der Waals surface area contributed by atoms with E-state index >= 15 is 0 Å². The fourth-order valence-electron chi connectivity index (χ4n) is 1.45. The number of nitrogens with zero attached hydrogens (tertiary/aromatic N) is 2. The minimum absolute atomic E-state index is 0.168. The Bertz CT molecular complexity index is 631. The van der Waals surface area contributed by atoms with Gasteiger partial charge >= 0.3 is 0 Å². The van der Waals surface area contributed by atoms with Gasteiger partial charge < -0.3 is 5.73 Å². The fourth-order valence-corrected chi connectivity index (χ4v) is 2.48. The van der Waals surface area contributed by atoms with Crippen molar-refractivity contribution < 1.29 is 8.42 Å². The largest absolute Gasteiger partial charge is 0.399 e. The lowest BCUT2D eigenvalue weighted by molar-refractivity contribution is 0.601. The van der Waals surface area contributed by atoms with E-state index in [-0.39, 0.29) is 4.90 Å². The van der Waals surface area contributed by atoms with Crippen LogP contribution in [0.5, 0.6) is 0 Å². The van der Waals surface area contributed by atoms with Crippen LogP contribution in [-0.2, 0) is 16.6 Å². The second-order valence-electron chi connectivity index (χ2n) is 3.76. The summed E-state index contributed by atoms with van der Waals surface area (Å²) in [5.74, 6) is 0. The van der Waals surface area contributed by atoms with Crippen molar-refractivity contribution in [2.75, 3.05) is 10.5 Å². The molecule has 0 atom stereocenters. The first kappa shape index (κ1) is 12.4. The summed E-state index contributed by atoms with van der Waals surface area (Å²) in [7, 11) is -3.58. The second-order valence-corrected chi connectivity index (χ2v) is 5.44. The maximum absolute atomic E-state index is 12.0. The van der Waals surface area contributed by atoms with Crippen molar-refractivity contribution in [1.29, 1.82) is 0 Å². The van der Waals surface area contributed by atoms with Gasteiger partial charge in [-0.2, -0.15) is 5.10 Å². The van der Waals surface area contributed by atoms with Crippen LogP contribution in [-0.4, -0.2) is 18.2 Å². The lowest BCUT2D eigenvalue weighted by Crippen LogP contribution is -2.12. The third-order valence-corrected chi connectivity index (χ3v) is 3.80. The smallest absolute Gasteiger partial charge is 0.261 e. The summed E-state index contributed by atoms with van der Waals surface area (Å²) < 4.78 is 28.1. The molecule has 1 aromatic carbocycles. The molecular formula is C11H14N4O2S. The van der Waals surface area contributed by atoms with Gasteiger partial charge in [0, 0.05) is 18.4 Å². The number of rotatable bonds is 4. The summed E-state index contributed by atoms with van der Waals surface area (Å²) in [5, 5.41) is 4.00. The normalized spacial score (nSPS) is 11.4. The average molecular weight is 266 g/mol. The van der Waals surface area contributed by atoms with Crippen LogP contribution in [0.15, 0.2) is 41.6 Å². The third kappa shape index (κ3) is 2.62. The van der Waals surface area contributed by atoms with E-state index in [0.29, 0.717) is 17.9 Å². The highest BCUT2D eigenvalue weighted by Gasteiger charge is 2.14. The third-order valence-electron chi connectivity index (χ3n) is 2.40. The number of aryl methyl sites for hydroxylation is 1. The van der Waals surface area contributed by atoms with Crippen LogP contribution in [0.4, 0.5) is 11.4 Å². The van der Waals surface area contributed by atoms with Crippen molar-refractivity contribution in [3.63, 3.8) is 0 Å². The number of hydrogen-bond donors (Lipinski definition) is 2. The van der Waals surface area contributed by atoms with E-state index in [1.165, 1.54) is 18.3 Å². The first-order valence-corrected chi connectivity index (χ1v) is 6.90. The number of sulfonamides is 1. The molecule has 2 aromatic rings. The Labute approximate surface area is 105 Å². The van der Waals surface area contributed by atoms with E-state index in [0.717, 1.165) is 0 Å². The van der Waals surface area contributed by atoms with Gasteiger partial charge in [0.25, 0.3) is 10.0 Å². The summed E-state index contributed by atoms with van der Waals surface area (Å²) in [6.07, 6.45) is 3.10. The van der Waals surface area contributed by atoms with Gasteiger partial charge in [0.1, 0.15) is 0 Å². The molecule has 0 aliphatic heterocycles. The molecule has 0 fully saturated rings. The Balaban J connectivity index is 2.24. The van der Waals surface area contributed by atoms with Crippen LogP contribution in [0, 0.1) is 0 Å². The van der Waals surface area contributed by atoms with Crippen molar-refractivity contribution in [2.45, 2.75) is 18.4 Å². The van der Waals surface area contributed by atoms with E-state index in [9.17, 15) is 8.42 Å². The van der Waals surface area contributed by atoms with Crippen LogP contribution in [0.2, 0.25) is 0 Å². The molecule has 0 amide bonds. The first-order chi connectivity index (χ1) is 8.51. The van der Waals surface area contributed by atoms with Gasteiger partial charge in [-0.3, -0.25) is 9.40 Å². The molecular weight excluding hydrogens is 252 g/mol. The number of hydrogen-bond acceptors (Lipinski definition) is 4. The van der Waals surface area contributed by atoms with Crippen LogP contribution in [0.3, 0.4) is 0 Å². The average Bonchev–Trinajstić information content (AvgIpc) is 2.76. The predicted octanol–water partition coefficient (Wildman–Crippen LogP) is 1.29. The summed E-state index contributed by atoms with van der Waals surface area (Å²) in [6, 6.07) is 6.01. The SMILES string of the molecule is CCn1cc(NS(=O)(=O)c2ccc(N)cc2)cn1. The van der Waals surface area contributed by atoms with Gasteiger partial charge in [0.15, 0.2) is 0 Å².